The molecule has 0 radical (unpaired) electrons. The molecule has 0 bridgehead atoms. The van der Waals surface area contributed by atoms with Crippen LogP contribution in [0.4, 0.5) is 0 Å². The van der Waals surface area contributed by atoms with Gasteiger partial charge in [-0.1, -0.05) is 6.07 Å². The molecular weight excluding hydrogens is 240 g/mol. The molecule has 2 heterocycles. The van der Waals surface area contributed by atoms with Gasteiger partial charge in [0.2, 0.25) is 0 Å². The number of phenolic OH excluding ortho intramolecular Hbond substituents is 1. The summed E-state index contributed by atoms with van der Waals surface area (Å²) in [6.07, 6.45) is 1.81. The number of hydrogen-bond acceptors (Lipinski definition) is 4. The molecule has 4 nitrogen and oxygen atoms in total. The van der Waals surface area contributed by atoms with Gasteiger partial charge in [0.1, 0.15) is 18.1 Å². The topological polar surface area (TPSA) is 54.4 Å². The van der Waals surface area contributed by atoms with Crippen LogP contribution in [0.2, 0.25) is 0 Å². The maximum atomic E-state index is 9.42. The second kappa shape index (κ2) is 4.90. The molecule has 0 fully saturated rings. The average molecular weight is 256 g/mol. The number of aryl methyl sites for hydroxylation is 1. The van der Waals surface area contributed by atoms with E-state index in [1.807, 2.05) is 12.1 Å². The lowest BCUT2D eigenvalue weighted by atomic mass is 10.1. The summed E-state index contributed by atoms with van der Waals surface area (Å²) in [4.78, 5) is 4.37. The second-order valence-electron chi connectivity index (χ2n) is 4.73. The molecule has 4 heteroatoms. The van der Waals surface area contributed by atoms with E-state index in [4.69, 9.17) is 4.74 Å². The van der Waals surface area contributed by atoms with Gasteiger partial charge in [-0.15, -0.1) is 0 Å². The molecule has 19 heavy (non-hydrogen) atoms. The van der Waals surface area contributed by atoms with Crippen LogP contribution in [0.15, 0.2) is 36.5 Å². The second-order valence-corrected chi connectivity index (χ2v) is 4.73. The summed E-state index contributed by atoms with van der Waals surface area (Å²) < 4.78 is 5.57. The molecule has 0 amide bonds. The summed E-state index contributed by atoms with van der Waals surface area (Å²) >= 11 is 0. The molecule has 0 aliphatic carbocycles. The van der Waals surface area contributed by atoms with E-state index in [1.54, 1.807) is 18.3 Å². The van der Waals surface area contributed by atoms with E-state index in [1.165, 1.54) is 5.56 Å². The zero-order chi connectivity index (χ0) is 13.2. The first kappa shape index (κ1) is 12.0. The zero-order valence-corrected chi connectivity index (χ0v) is 10.8. The van der Waals surface area contributed by atoms with Crippen molar-refractivity contribution in [1.82, 2.24) is 10.3 Å². The monoisotopic (exact) mass is 256 g/mol. The predicted octanol–water partition coefficient (Wildman–Crippen LogP) is 2.32. The molecule has 0 saturated carbocycles. The lowest BCUT2D eigenvalue weighted by Gasteiger charge is -2.12. The Morgan fingerprint density at radius 1 is 1.42 bits per heavy atom. The Morgan fingerprint density at radius 2 is 2.32 bits per heavy atom. The van der Waals surface area contributed by atoms with E-state index in [0.717, 1.165) is 17.0 Å². The maximum absolute atomic E-state index is 9.42. The minimum absolute atomic E-state index is 0.150. The van der Waals surface area contributed by atoms with Crippen molar-refractivity contribution in [2.75, 3.05) is 6.61 Å². The molecule has 1 aliphatic rings. The largest absolute Gasteiger partial charge is 0.508 e. The Kier molecular flexibility index (Phi) is 3.09. The molecule has 1 atom stereocenters. The number of nitrogens with zero attached hydrogens (tertiary/aromatic N) is 1. The van der Waals surface area contributed by atoms with Crippen LogP contribution in [0.5, 0.6) is 11.5 Å². The molecule has 1 aromatic carbocycles. The quantitative estimate of drug-likeness (QED) is 0.885. The van der Waals surface area contributed by atoms with Gasteiger partial charge in [0.25, 0.3) is 0 Å². The summed E-state index contributed by atoms with van der Waals surface area (Å²) in [7, 11) is 0. The van der Waals surface area contributed by atoms with Crippen LogP contribution in [0.1, 0.15) is 22.9 Å². The zero-order valence-electron chi connectivity index (χ0n) is 10.8. The predicted molar refractivity (Wildman–Crippen MR) is 72.2 cm³/mol. The number of nitrogens with one attached hydrogen (secondary N) is 1. The van der Waals surface area contributed by atoms with Gasteiger partial charge >= 0.3 is 0 Å². The Balaban J connectivity index is 1.72. The molecule has 2 N–H and O–H groups in total. The van der Waals surface area contributed by atoms with E-state index >= 15 is 0 Å². The number of rotatable bonds is 3. The van der Waals surface area contributed by atoms with Gasteiger partial charge in [-0.2, -0.15) is 0 Å². The fourth-order valence-electron chi connectivity index (χ4n) is 2.29. The van der Waals surface area contributed by atoms with Crippen molar-refractivity contribution in [3.8, 4) is 11.5 Å². The summed E-state index contributed by atoms with van der Waals surface area (Å²) in [5, 5.41) is 12.9. The smallest absolute Gasteiger partial charge is 0.127 e. The normalized spacial score (nSPS) is 17.0. The highest BCUT2D eigenvalue weighted by atomic mass is 16.5. The minimum Gasteiger partial charge on any atom is -0.508 e. The number of aromatic nitrogens is 1. The highest BCUT2D eigenvalue weighted by Crippen LogP contribution is 2.34. The molecular formula is C15H16N2O2. The molecule has 0 saturated heterocycles. The number of aromatic hydroxyl groups is 1. The molecule has 1 aromatic heterocycles. The molecule has 1 unspecified atom stereocenters. The minimum atomic E-state index is 0.150. The van der Waals surface area contributed by atoms with Crippen molar-refractivity contribution >= 4 is 0 Å². The lowest BCUT2D eigenvalue weighted by molar-refractivity contribution is 0.309. The number of phenols is 1. The third-order valence-corrected chi connectivity index (χ3v) is 3.41. The van der Waals surface area contributed by atoms with E-state index in [0.29, 0.717) is 13.2 Å². The van der Waals surface area contributed by atoms with Crippen LogP contribution >= 0.6 is 0 Å². The van der Waals surface area contributed by atoms with Gasteiger partial charge < -0.3 is 15.2 Å². The van der Waals surface area contributed by atoms with E-state index in [2.05, 4.69) is 23.3 Å². The van der Waals surface area contributed by atoms with Crippen molar-refractivity contribution in [3.05, 3.63) is 53.3 Å². The van der Waals surface area contributed by atoms with Crippen molar-refractivity contribution in [1.29, 1.82) is 0 Å². The van der Waals surface area contributed by atoms with Crippen LogP contribution in [0.3, 0.4) is 0 Å². The van der Waals surface area contributed by atoms with Crippen LogP contribution in [0, 0.1) is 6.92 Å². The van der Waals surface area contributed by atoms with E-state index in [9.17, 15) is 5.11 Å². The number of fused-ring (bicyclic) bond motifs is 1. The van der Waals surface area contributed by atoms with Gasteiger partial charge in [0.15, 0.2) is 0 Å². The molecule has 98 valence electrons. The maximum Gasteiger partial charge on any atom is 0.127 e. The van der Waals surface area contributed by atoms with Crippen molar-refractivity contribution in [3.63, 3.8) is 0 Å². The van der Waals surface area contributed by atoms with Crippen LogP contribution in [-0.2, 0) is 6.54 Å². The molecule has 0 spiro atoms. The first-order valence-corrected chi connectivity index (χ1v) is 6.33. The number of hydrogen-bond donors (Lipinski definition) is 2. The SMILES string of the molecule is Cc1cccnc1CNC1COc2cc(O)ccc21. The first-order chi connectivity index (χ1) is 9.24. The molecule has 1 aliphatic heterocycles. The summed E-state index contributed by atoms with van der Waals surface area (Å²) in [6, 6.07) is 9.39. The third kappa shape index (κ3) is 2.39. The van der Waals surface area contributed by atoms with Crippen LogP contribution in [0.25, 0.3) is 0 Å². The van der Waals surface area contributed by atoms with Gasteiger partial charge in [-0.25, -0.2) is 0 Å². The van der Waals surface area contributed by atoms with Crippen LogP contribution in [-0.4, -0.2) is 16.7 Å². The van der Waals surface area contributed by atoms with E-state index in [-0.39, 0.29) is 11.8 Å². The molecule has 2 aromatic rings. The standard InChI is InChI=1S/C15H16N2O2/c1-10-3-2-6-16-13(10)8-17-14-9-19-15-7-11(18)4-5-12(14)15/h2-7,14,17-18H,8-9H2,1H3. The summed E-state index contributed by atoms with van der Waals surface area (Å²) in [5.41, 5.74) is 3.32. The Morgan fingerprint density at radius 3 is 3.16 bits per heavy atom. The van der Waals surface area contributed by atoms with Gasteiger partial charge in [0.05, 0.1) is 11.7 Å². The highest BCUT2D eigenvalue weighted by Gasteiger charge is 2.24. The Labute approximate surface area is 112 Å². The molecule has 3 rings (SSSR count). The third-order valence-electron chi connectivity index (χ3n) is 3.41. The van der Waals surface area contributed by atoms with Crippen LogP contribution < -0.4 is 10.1 Å². The number of benzene rings is 1. The van der Waals surface area contributed by atoms with Crippen molar-refractivity contribution in [2.24, 2.45) is 0 Å². The number of pyridine rings is 1. The lowest BCUT2D eigenvalue weighted by Crippen LogP contribution is -2.22. The fourth-order valence-corrected chi connectivity index (χ4v) is 2.29. The van der Waals surface area contributed by atoms with Gasteiger partial charge in [0, 0.05) is 24.4 Å². The van der Waals surface area contributed by atoms with Crippen molar-refractivity contribution in [2.45, 2.75) is 19.5 Å². The van der Waals surface area contributed by atoms with E-state index < -0.39 is 0 Å². The van der Waals surface area contributed by atoms with Gasteiger partial charge in [-0.3, -0.25) is 4.98 Å². The van der Waals surface area contributed by atoms with Crippen molar-refractivity contribution < 1.29 is 9.84 Å². The first-order valence-electron chi connectivity index (χ1n) is 6.33. The van der Waals surface area contributed by atoms with Gasteiger partial charge in [-0.05, 0) is 30.7 Å². The Bertz CT molecular complexity index is 598. The number of ether oxygens (including phenoxy) is 1. The fraction of sp³-hybridized carbons (Fsp3) is 0.267. The highest BCUT2D eigenvalue weighted by molar-refractivity contribution is 5.44. The Hall–Kier alpha value is -2.07. The average Bonchev–Trinajstić information content (AvgIpc) is 2.80. The summed E-state index contributed by atoms with van der Waals surface area (Å²) in [6.45, 7) is 3.35. The summed E-state index contributed by atoms with van der Waals surface area (Å²) in [5.74, 6) is 0.996.